The van der Waals surface area contributed by atoms with Gasteiger partial charge >= 0.3 is 0 Å². The Bertz CT molecular complexity index is 355. The molecule has 1 aromatic heterocycles. The Hall–Kier alpha value is -0.0900. The highest BCUT2D eigenvalue weighted by molar-refractivity contribution is 7.14. The number of nitrogens with one attached hydrogen (secondary N) is 1. The second-order valence-corrected chi connectivity index (χ2v) is 6.47. The number of aliphatic hydroxyl groups excluding tert-OH is 1. The van der Waals surface area contributed by atoms with Crippen molar-refractivity contribution in [1.82, 2.24) is 5.32 Å². The normalized spacial score (nSPS) is 27.0. The lowest BCUT2D eigenvalue weighted by Crippen LogP contribution is -2.34. The first-order valence-corrected chi connectivity index (χ1v) is 7.58. The maximum Gasteiger partial charge on any atom is 0.0931 e. The van der Waals surface area contributed by atoms with Gasteiger partial charge in [-0.3, -0.25) is 0 Å². The molecule has 1 aliphatic rings. The molecule has 0 aliphatic heterocycles. The third-order valence-corrected chi connectivity index (χ3v) is 4.75. The van der Waals surface area contributed by atoms with Gasteiger partial charge in [0.1, 0.15) is 0 Å². The first kappa shape index (κ1) is 13.3. The minimum Gasteiger partial charge on any atom is -0.393 e. The van der Waals surface area contributed by atoms with E-state index < -0.39 is 0 Å². The second-order valence-electron chi connectivity index (χ2n) is 4.93. The molecule has 0 saturated heterocycles. The number of rotatable bonds is 4. The summed E-state index contributed by atoms with van der Waals surface area (Å²) in [6.45, 7) is 3.05. The van der Waals surface area contributed by atoms with Crippen LogP contribution < -0.4 is 5.32 Å². The quantitative estimate of drug-likeness (QED) is 0.879. The van der Waals surface area contributed by atoms with Crippen LogP contribution in [-0.2, 0) is 0 Å². The zero-order valence-corrected chi connectivity index (χ0v) is 11.7. The van der Waals surface area contributed by atoms with E-state index in [0.29, 0.717) is 12.0 Å². The molecule has 0 spiro atoms. The van der Waals surface area contributed by atoms with Crippen LogP contribution in [0.4, 0.5) is 0 Å². The van der Waals surface area contributed by atoms with Crippen molar-refractivity contribution in [1.29, 1.82) is 0 Å². The van der Waals surface area contributed by atoms with E-state index in [4.69, 9.17) is 11.6 Å². The molecular formula is C13H20ClNOS. The SMILES string of the molecule is CC(NCC1CCCCC1O)c1csc(Cl)c1. The molecule has 2 rings (SSSR count). The Kier molecular flexibility index (Phi) is 4.86. The molecule has 0 bridgehead atoms. The summed E-state index contributed by atoms with van der Waals surface area (Å²) < 4.78 is 0.839. The van der Waals surface area contributed by atoms with E-state index >= 15 is 0 Å². The van der Waals surface area contributed by atoms with Gasteiger partial charge in [0.2, 0.25) is 0 Å². The van der Waals surface area contributed by atoms with Gasteiger partial charge in [-0.2, -0.15) is 0 Å². The highest BCUT2D eigenvalue weighted by Gasteiger charge is 2.23. The lowest BCUT2D eigenvalue weighted by Gasteiger charge is -2.28. The van der Waals surface area contributed by atoms with Crippen LogP contribution in [0.1, 0.15) is 44.2 Å². The molecule has 96 valence electrons. The molecule has 2 nitrogen and oxygen atoms in total. The van der Waals surface area contributed by atoms with Crippen LogP contribution in [0.2, 0.25) is 4.34 Å². The molecule has 0 radical (unpaired) electrons. The van der Waals surface area contributed by atoms with Gasteiger partial charge in [-0.15, -0.1) is 11.3 Å². The Labute approximate surface area is 112 Å². The third kappa shape index (κ3) is 3.68. The molecular weight excluding hydrogens is 254 g/mol. The maximum atomic E-state index is 9.90. The van der Waals surface area contributed by atoms with Gasteiger partial charge in [0.05, 0.1) is 10.4 Å². The number of hydrogen-bond acceptors (Lipinski definition) is 3. The zero-order valence-electron chi connectivity index (χ0n) is 10.2. The van der Waals surface area contributed by atoms with E-state index in [9.17, 15) is 5.11 Å². The summed E-state index contributed by atoms with van der Waals surface area (Å²) in [5, 5.41) is 15.5. The highest BCUT2D eigenvalue weighted by atomic mass is 35.5. The van der Waals surface area contributed by atoms with Gasteiger partial charge in [0, 0.05) is 12.6 Å². The Morgan fingerprint density at radius 1 is 1.53 bits per heavy atom. The molecule has 1 heterocycles. The second kappa shape index (κ2) is 6.19. The van der Waals surface area contributed by atoms with E-state index in [1.165, 1.54) is 18.4 Å². The summed E-state index contributed by atoms with van der Waals surface area (Å²) in [6.07, 6.45) is 4.42. The molecule has 2 N–H and O–H groups in total. The van der Waals surface area contributed by atoms with Crippen molar-refractivity contribution in [3.8, 4) is 0 Å². The van der Waals surface area contributed by atoms with E-state index in [0.717, 1.165) is 23.7 Å². The number of aliphatic hydroxyl groups is 1. The smallest absolute Gasteiger partial charge is 0.0931 e. The molecule has 1 fully saturated rings. The predicted molar refractivity (Wildman–Crippen MR) is 73.7 cm³/mol. The summed E-state index contributed by atoms with van der Waals surface area (Å²) in [4.78, 5) is 0. The van der Waals surface area contributed by atoms with Crippen molar-refractivity contribution < 1.29 is 5.11 Å². The summed E-state index contributed by atoms with van der Waals surface area (Å²) >= 11 is 7.50. The lowest BCUT2D eigenvalue weighted by molar-refractivity contribution is 0.0684. The fourth-order valence-electron chi connectivity index (χ4n) is 2.42. The molecule has 1 aromatic rings. The van der Waals surface area contributed by atoms with Gasteiger partial charge in [-0.1, -0.05) is 24.4 Å². The van der Waals surface area contributed by atoms with Crippen molar-refractivity contribution in [3.63, 3.8) is 0 Å². The molecule has 17 heavy (non-hydrogen) atoms. The van der Waals surface area contributed by atoms with Gasteiger partial charge < -0.3 is 10.4 Å². The van der Waals surface area contributed by atoms with Crippen molar-refractivity contribution >= 4 is 22.9 Å². The van der Waals surface area contributed by atoms with Crippen LogP contribution in [0.3, 0.4) is 0 Å². The largest absolute Gasteiger partial charge is 0.393 e. The van der Waals surface area contributed by atoms with E-state index in [-0.39, 0.29) is 6.10 Å². The number of thiophene rings is 1. The van der Waals surface area contributed by atoms with Crippen molar-refractivity contribution in [2.75, 3.05) is 6.54 Å². The zero-order chi connectivity index (χ0) is 12.3. The van der Waals surface area contributed by atoms with Gasteiger partial charge in [-0.25, -0.2) is 0 Å². The maximum absolute atomic E-state index is 9.90. The standard InChI is InChI=1S/C13H20ClNOS/c1-9(11-6-13(14)17-8-11)15-7-10-4-2-3-5-12(10)16/h6,8-10,12,15-16H,2-5,7H2,1H3. The summed E-state index contributed by atoms with van der Waals surface area (Å²) in [5.41, 5.74) is 1.24. The number of halogens is 1. The van der Waals surface area contributed by atoms with Crippen LogP contribution >= 0.6 is 22.9 Å². The lowest BCUT2D eigenvalue weighted by atomic mass is 9.86. The fraction of sp³-hybridized carbons (Fsp3) is 0.692. The fourth-order valence-corrected chi connectivity index (χ4v) is 3.41. The van der Waals surface area contributed by atoms with Crippen LogP contribution in [0.15, 0.2) is 11.4 Å². The molecule has 1 saturated carbocycles. The minimum atomic E-state index is -0.116. The van der Waals surface area contributed by atoms with Crippen LogP contribution in [0, 0.1) is 5.92 Å². The molecule has 0 aromatic carbocycles. The molecule has 4 heteroatoms. The molecule has 0 amide bonds. The summed E-state index contributed by atoms with van der Waals surface area (Å²) in [6, 6.07) is 2.33. The summed E-state index contributed by atoms with van der Waals surface area (Å²) in [7, 11) is 0. The molecule has 3 atom stereocenters. The monoisotopic (exact) mass is 273 g/mol. The Morgan fingerprint density at radius 3 is 2.94 bits per heavy atom. The Morgan fingerprint density at radius 2 is 2.29 bits per heavy atom. The minimum absolute atomic E-state index is 0.116. The van der Waals surface area contributed by atoms with E-state index in [1.807, 2.05) is 6.07 Å². The Balaban J connectivity index is 1.81. The van der Waals surface area contributed by atoms with Crippen molar-refractivity contribution in [2.45, 2.75) is 44.8 Å². The first-order valence-electron chi connectivity index (χ1n) is 6.32. The van der Waals surface area contributed by atoms with Gasteiger partial charge in [0.15, 0.2) is 0 Å². The third-order valence-electron chi connectivity index (χ3n) is 3.64. The summed E-state index contributed by atoms with van der Waals surface area (Å²) in [5.74, 6) is 0.417. The average Bonchev–Trinajstić information content (AvgIpc) is 2.74. The average molecular weight is 274 g/mol. The highest BCUT2D eigenvalue weighted by Crippen LogP contribution is 2.27. The molecule has 3 unspecified atom stereocenters. The van der Waals surface area contributed by atoms with Crippen LogP contribution in [0.25, 0.3) is 0 Å². The van der Waals surface area contributed by atoms with E-state index in [2.05, 4.69) is 17.6 Å². The number of hydrogen-bond donors (Lipinski definition) is 2. The topological polar surface area (TPSA) is 32.3 Å². The first-order chi connectivity index (χ1) is 8.16. The van der Waals surface area contributed by atoms with E-state index in [1.54, 1.807) is 11.3 Å². The van der Waals surface area contributed by atoms with Gasteiger partial charge in [0.25, 0.3) is 0 Å². The van der Waals surface area contributed by atoms with Gasteiger partial charge in [-0.05, 0) is 42.7 Å². The predicted octanol–water partition coefficient (Wildman–Crippen LogP) is 3.60. The van der Waals surface area contributed by atoms with Crippen molar-refractivity contribution in [3.05, 3.63) is 21.3 Å². The molecule has 1 aliphatic carbocycles. The van der Waals surface area contributed by atoms with Crippen LogP contribution in [0.5, 0.6) is 0 Å². The van der Waals surface area contributed by atoms with Crippen LogP contribution in [-0.4, -0.2) is 17.8 Å². The van der Waals surface area contributed by atoms with Crippen molar-refractivity contribution in [2.24, 2.45) is 5.92 Å².